The maximum absolute atomic E-state index is 10.4. The molecule has 6 nitrogen and oxygen atoms in total. The zero-order chi connectivity index (χ0) is 22.3. The third-order valence-corrected chi connectivity index (χ3v) is 5.90. The molecule has 0 atom stereocenters. The van der Waals surface area contributed by atoms with Crippen LogP contribution in [0.15, 0.2) is 12.2 Å². The van der Waals surface area contributed by atoms with E-state index < -0.39 is 5.97 Å². The zero-order valence-electron chi connectivity index (χ0n) is 19.1. The fourth-order valence-electron chi connectivity index (χ4n) is 4.03. The molecule has 0 aromatic carbocycles. The number of carboxylic acids is 1. The van der Waals surface area contributed by atoms with Crippen LogP contribution in [0.2, 0.25) is 0 Å². The Labute approximate surface area is 184 Å². The van der Waals surface area contributed by atoms with Crippen LogP contribution in [0.4, 0.5) is 0 Å². The summed E-state index contributed by atoms with van der Waals surface area (Å²) in [6.45, 7) is 3.04. The van der Waals surface area contributed by atoms with Crippen molar-refractivity contribution in [1.82, 2.24) is 0 Å². The lowest BCUT2D eigenvalue weighted by Gasteiger charge is -2.37. The quantitative estimate of drug-likeness (QED) is 0.112. The number of aliphatic hydroxyl groups excluding tert-OH is 3. The molecule has 0 aliphatic rings. The van der Waals surface area contributed by atoms with Crippen LogP contribution < -0.4 is 0 Å². The third kappa shape index (κ3) is 17.9. The SMILES string of the molecule is O=C(O)CCCCCCCC=CCCCCCCCC[N+](CCO)(CCO)CCO. The second kappa shape index (κ2) is 21.3. The molecule has 178 valence electrons. The summed E-state index contributed by atoms with van der Waals surface area (Å²) in [5.74, 6) is -0.687. The minimum Gasteiger partial charge on any atom is -0.481 e. The summed E-state index contributed by atoms with van der Waals surface area (Å²) in [6.07, 6.45) is 19.8. The van der Waals surface area contributed by atoms with Crippen molar-refractivity contribution in [3.63, 3.8) is 0 Å². The molecular weight excluding hydrogens is 382 g/mol. The van der Waals surface area contributed by atoms with E-state index in [1.165, 1.54) is 44.9 Å². The Morgan fingerprint density at radius 3 is 1.40 bits per heavy atom. The molecule has 0 rings (SSSR count). The number of carboxylic acid groups (broad SMARTS) is 1. The van der Waals surface area contributed by atoms with E-state index in [1.807, 2.05) is 0 Å². The van der Waals surface area contributed by atoms with Crippen molar-refractivity contribution in [1.29, 1.82) is 0 Å². The van der Waals surface area contributed by atoms with Gasteiger partial charge in [-0.2, -0.15) is 0 Å². The number of hydrogen-bond donors (Lipinski definition) is 4. The second-order valence-electron chi connectivity index (χ2n) is 8.49. The Morgan fingerprint density at radius 2 is 0.967 bits per heavy atom. The Kier molecular flexibility index (Phi) is 20.6. The van der Waals surface area contributed by atoms with Crippen molar-refractivity contribution < 1.29 is 29.7 Å². The Morgan fingerprint density at radius 1 is 0.567 bits per heavy atom. The zero-order valence-corrected chi connectivity index (χ0v) is 19.1. The van der Waals surface area contributed by atoms with E-state index in [1.54, 1.807) is 0 Å². The number of allylic oxidation sites excluding steroid dienone is 2. The van der Waals surface area contributed by atoms with Crippen LogP contribution in [0.25, 0.3) is 0 Å². The van der Waals surface area contributed by atoms with Gasteiger partial charge >= 0.3 is 5.97 Å². The van der Waals surface area contributed by atoms with Crippen LogP contribution in [-0.2, 0) is 4.79 Å². The van der Waals surface area contributed by atoms with Gasteiger partial charge in [-0.15, -0.1) is 0 Å². The molecule has 0 heterocycles. The van der Waals surface area contributed by atoms with Gasteiger partial charge in [0.2, 0.25) is 0 Å². The highest BCUT2D eigenvalue weighted by Gasteiger charge is 2.25. The number of hydrogen-bond acceptors (Lipinski definition) is 4. The average Bonchev–Trinajstić information content (AvgIpc) is 2.70. The monoisotopic (exact) mass is 430 g/mol. The summed E-state index contributed by atoms with van der Waals surface area (Å²) in [7, 11) is 0. The highest BCUT2D eigenvalue weighted by molar-refractivity contribution is 5.66. The first-order chi connectivity index (χ1) is 14.6. The largest absolute Gasteiger partial charge is 0.481 e. The first-order valence-corrected chi connectivity index (χ1v) is 12.1. The molecule has 0 aliphatic carbocycles. The van der Waals surface area contributed by atoms with Gasteiger partial charge in [-0.1, -0.05) is 50.7 Å². The molecule has 0 saturated carbocycles. The molecule has 6 heteroatoms. The van der Waals surface area contributed by atoms with Gasteiger partial charge < -0.3 is 24.9 Å². The van der Waals surface area contributed by atoms with Crippen LogP contribution in [0.5, 0.6) is 0 Å². The fourth-order valence-corrected chi connectivity index (χ4v) is 4.03. The number of carbonyl (C=O) groups is 1. The smallest absolute Gasteiger partial charge is 0.303 e. The van der Waals surface area contributed by atoms with Crippen LogP contribution in [0.3, 0.4) is 0 Å². The predicted molar refractivity (Wildman–Crippen MR) is 122 cm³/mol. The number of rotatable bonds is 23. The van der Waals surface area contributed by atoms with Gasteiger partial charge in [-0.3, -0.25) is 4.79 Å². The second-order valence-corrected chi connectivity index (χ2v) is 8.49. The highest BCUT2D eigenvalue weighted by atomic mass is 16.4. The molecule has 0 aliphatic heterocycles. The van der Waals surface area contributed by atoms with Crippen LogP contribution in [0, 0.1) is 0 Å². The van der Waals surface area contributed by atoms with E-state index in [4.69, 9.17) is 5.11 Å². The Balaban J connectivity index is 3.54. The fraction of sp³-hybridized carbons (Fsp3) is 0.875. The van der Waals surface area contributed by atoms with E-state index in [0.717, 1.165) is 45.1 Å². The van der Waals surface area contributed by atoms with Crippen molar-refractivity contribution in [2.24, 2.45) is 0 Å². The molecule has 0 radical (unpaired) electrons. The summed E-state index contributed by atoms with van der Waals surface area (Å²) in [5, 5.41) is 36.5. The van der Waals surface area contributed by atoms with E-state index >= 15 is 0 Å². The van der Waals surface area contributed by atoms with Gasteiger partial charge in [-0.25, -0.2) is 0 Å². The lowest BCUT2D eigenvalue weighted by Crippen LogP contribution is -2.53. The summed E-state index contributed by atoms with van der Waals surface area (Å²) in [6, 6.07) is 0. The summed E-state index contributed by atoms with van der Waals surface area (Å²) >= 11 is 0. The van der Waals surface area contributed by atoms with E-state index in [0.29, 0.717) is 30.5 Å². The standard InChI is InChI=1S/C24H47NO5/c26-21-18-25(19-22-27,20-23-28)17-15-13-11-9-7-5-3-1-2-4-6-8-10-12-14-16-24(29)30/h1-2,26-28H,3-23H2/p+1. The average molecular weight is 431 g/mol. The molecule has 4 N–H and O–H groups in total. The molecule has 0 aromatic rings. The van der Waals surface area contributed by atoms with Crippen molar-refractivity contribution in [3.05, 3.63) is 12.2 Å². The first-order valence-electron chi connectivity index (χ1n) is 12.1. The maximum atomic E-state index is 10.4. The van der Waals surface area contributed by atoms with Crippen LogP contribution >= 0.6 is 0 Å². The maximum Gasteiger partial charge on any atom is 0.303 e. The Bertz CT molecular complexity index is 397. The first kappa shape index (κ1) is 29.1. The van der Waals surface area contributed by atoms with Crippen molar-refractivity contribution in [3.8, 4) is 0 Å². The van der Waals surface area contributed by atoms with E-state index in [-0.39, 0.29) is 19.8 Å². The molecule has 0 spiro atoms. The van der Waals surface area contributed by atoms with Gasteiger partial charge in [0.15, 0.2) is 0 Å². The summed E-state index contributed by atoms with van der Waals surface area (Å²) < 4.78 is 0.622. The molecule has 0 amide bonds. The minimum atomic E-state index is -0.687. The number of quaternary nitrogens is 1. The van der Waals surface area contributed by atoms with Gasteiger partial charge in [0.05, 0.1) is 26.4 Å². The highest BCUT2D eigenvalue weighted by Crippen LogP contribution is 2.13. The predicted octanol–water partition coefficient (Wildman–Crippen LogP) is 3.88. The van der Waals surface area contributed by atoms with E-state index in [2.05, 4.69) is 12.2 Å². The van der Waals surface area contributed by atoms with E-state index in [9.17, 15) is 20.1 Å². The van der Waals surface area contributed by atoms with Gasteiger partial charge in [0.1, 0.15) is 19.6 Å². The van der Waals surface area contributed by atoms with Crippen LogP contribution in [-0.4, -0.2) is 76.9 Å². The molecule has 0 unspecified atom stereocenters. The molecule has 30 heavy (non-hydrogen) atoms. The number of aliphatic carboxylic acids is 1. The molecule has 0 saturated heterocycles. The minimum absolute atomic E-state index is 0.0975. The lowest BCUT2D eigenvalue weighted by molar-refractivity contribution is -0.929. The van der Waals surface area contributed by atoms with Crippen molar-refractivity contribution in [2.45, 2.75) is 89.9 Å². The third-order valence-electron chi connectivity index (χ3n) is 5.90. The molecule has 0 bridgehead atoms. The summed E-state index contributed by atoms with van der Waals surface area (Å²) in [4.78, 5) is 10.4. The molecule has 0 aromatic heterocycles. The van der Waals surface area contributed by atoms with Crippen molar-refractivity contribution >= 4 is 5.97 Å². The normalized spacial score (nSPS) is 12.1. The van der Waals surface area contributed by atoms with Gasteiger partial charge in [0, 0.05) is 6.42 Å². The van der Waals surface area contributed by atoms with Gasteiger partial charge in [-0.05, 0) is 44.9 Å². The molecular formula is C24H48NO5+. The Hall–Kier alpha value is -0.950. The van der Waals surface area contributed by atoms with Crippen LogP contribution in [0.1, 0.15) is 89.9 Å². The van der Waals surface area contributed by atoms with Crippen molar-refractivity contribution in [2.75, 3.05) is 46.0 Å². The number of aliphatic hydroxyl groups is 3. The van der Waals surface area contributed by atoms with Gasteiger partial charge in [0.25, 0.3) is 0 Å². The number of unbranched alkanes of at least 4 members (excludes halogenated alkanes) is 11. The summed E-state index contributed by atoms with van der Waals surface area (Å²) in [5.41, 5.74) is 0. The molecule has 0 fully saturated rings. The lowest BCUT2D eigenvalue weighted by atomic mass is 10.1. The topological polar surface area (TPSA) is 98.0 Å². The number of nitrogens with zero attached hydrogens (tertiary/aromatic N) is 1.